The van der Waals surface area contributed by atoms with E-state index in [-0.39, 0.29) is 5.91 Å². The lowest BCUT2D eigenvalue weighted by Gasteiger charge is -2.24. The number of amides is 1. The Balaban J connectivity index is 1.93. The van der Waals surface area contributed by atoms with Crippen molar-refractivity contribution < 1.29 is 4.79 Å². The summed E-state index contributed by atoms with van der Waals surface area (Å²) < 4.78 is 0. The second-order valence-electron chi connectivity index (χ2n) is 4.44. The van der Waals surface area contributed by atoms with Crippen molar-refractivity contribution in [2.45, 2.75) is 37.5 Å². The van der Waals surface area contributed by atoms with Gasteiger partial charge < -0.3 is 4.90 Å². The van der Waals surface area contributed by atoms with Crippen molar-refractivity contribution in [2.24, 2.45) is 0 Å². The third kappa shape index (κ3) is 3.05. The summed E-state index contributed by atoms with van der Waals surface area (Å²) in [6.45, 7) is 2.21. The van der Waals surface area contributed by atoms with Gasteiger partial charge in [-0.05, 0) is 36.5 Å². The van der Waals surface area contributed by atoms with E-state index < -0.39 is 0 Å². The SMILES string of the molecule is CCS[C@@H]1CC[C@@H](N(C)C(=O)c2cccs2)C1. The van der Waals surface area contributed by atoms with Crippen LogP contribution in [0.3, 0.4) is 0 Å². The molecular formula is C13H19NOS2. The summed E-state index contributed by atoms with van der Waals surface area (Å²) >= 11 is 3.57. The predicted molar refractivity (Wildman–Crippen MR) is 76.0 cm³/mol. The molecule has 0 bridgehead atoms. The largest absolute Gasteiger partial charge is 0.338 e. The fraction of sp³-hybridized carbons (Fsp3) is 0.615. The molecule has 0 radical (unpaired) electrons. The van der Waals surface area contributed by atoms with Crippen LogP contribution in [0.4, 0.5) is 0 Å². The van der Waals surface area contributed by atoms with Crippen LogP contribution >= 0.6 is 23.1 Å². The van der Waals surface area contributed by atoms with Crippen LogP contribution in [0.1, 0.15) is 35.9 Å². The lowest BCUT2D eigenvalue weighted by atomic mass is 10.2. The van der Waals surface area contributed by atoms with Crippen molar-refractivity contribution >= 4 is 29.0 Å². The molecule has 1 aliphatic rings. The van der Waals surface area contributed by atoms with Gasteiger partial charge in [-0.1, -0.05) is 13.0 Å². The van der Waals surface area contributed by atoms with Gasteiger partial charge in [0, 0.05) is 18.3 Å². The normalized spacial score (nSPS) is 23.9. The Morgan fingerprint density at radius 2 is 2.41 bits per heavy atom. The molecule has 1 aromatic heterocycles. The quantitative estimate of drug-likeness (QED) is 0.834. The molecule has 1 heterocycles. The van der Waals surface area contributed by atoms with Crippen LogP contribution < -0.4 is 0 Å². The molecule has 2 rings (SSSR count). The Labute approximate surface area is 111 Å². The van der Waals surface area contributed by atoms with Crippen molar-refractivity contribution in [3.05, 3.63) is 22.4 Å². The molecule has 1 amide bonds. The molecule has 2 nitrogen and oxygen atoms in total. The van der Waals surface area contributed by atoms with Gasteiger partial charge in [-0.2, -0.15) is 11.8 Å². The second-order valence-corrected chi connectivity index (χ2v) is 6.96. The fourth-order valence-corrected chi connectivity index (χ4v) is 4.23. The van der Waals surface area contributed by atoms with Crippen molar-refractivity contribution in [2.75, 3.05) is 12.8 Å². The average molecular weight is 269 g/mol. The van der Waals surface area contributed by atoms with Gasteiger partial charge in [-0.3, -0.25) is 4.79 Å². The number of carbonyl (C=O) groups is 1. The minimum atomic E-state index is 0.187. The maximum absolute atomic E-state index is 12.2. The van der Waals surface area contributed by atoms with Gasteiger partial charge in [0.2, 0.25) is 0 Å². The molecule has 1 fully saturated rings. The molecule has 0 N–H and O–H groups in total. The van der Waals surface area contributed by atoms with E-state index in [0.29, 0.717) is 6.04 Å². The molecule has 94 valence electrons. The molecule has 0 aliphatic heterocycles. The van der Waals surface area contributed by atoms with Gasteiger partial charge in [0.1, 0.15) is 0 Å². The van der Waals surface area contributed by atoms with E-state index in [1.165, 1.54) is 23.5 Å². The smallest absolute Gasteiger partial charge is 0.263 e. The molecule has 0 unspecified atom stereocenters. The molecule has 0 spiro atoms. The number of hydrogen-bond acceptors (Lipinski definition) is 3. The minimum absolute atomic E-state index is 0.187. The molecule has 0 saturated heterocycles. The Morgan fingerprint density at radius 3 is 3.06 bits per heavy atom. The molecule has 1 saturated carbocycles. The van der Waals surface area contributed by atoms with E-state index in [1.54, 1.807) is 0 Å². The van der Waals surface area contributed by atoms with Gasteiger partial charge in [-0.15, -0.1) is 11.3 Å². The zero-order valence-corrected chi connectivity index (χ0v) is 12.0. The minimum Gasteiger partial charge on any atom is -0.338 e. The number of carbonyl (C=O) groups excluding carboxylic acids is 1. The van der Waals surface area contributed by atoms with E-state index in [9.17, 15) is 4.79 Å². The van der Waals surface area contributed by atoms with E-state index in [2.05, 4.69) is 6.92 Å². The third-order valence-corrected chi connectivity index (χ3v) is 5.45. The summed E-state index contributed by atoms with van der Waals surface area (Å²) in [6.07, 6.45) is 3.57. The van der Waals surface area contributed by atoms with E-state index in [0.717, 1.165) is 23.0 Å². The van der Waals surface area contributed by atoms with Crippen molar-refractivity contribution in [3.63, 3.8) is 0 Å². The van der Waals surface area contributed by atoms with Gasteiger partial charge in [-0.25, -0.2) is 0 Å². The molecule has 4 heteroatoms. The molecule has 1 aromatic rings. The van der Waals surface area contributed by atoms with E-state index in [4.69, 9.17) is 0 Å². The third-order valence-electron chi connectivity index (χ3n) is 3.36. The zero-order valence-electron chi connectivity index (χ0n) is 10.4. The summed E-state index contributed by atoms with van der Waals surface area (Å²) in [6, 6.07) is 4.29. The molecule has 0 aromatic carbocycles. The molecule has 17 heavy (non-hydrogen) atoms. The van der Waals surface area contributed by atoms with Gasteiger partial charge in [0.25, 0.3) is 5.91 Å². The van der Waals surface area contributed by atoms with Crippen LogP contribution in [-0.2, 0) is 0 Å². The molecular weight excluding hydrogens is 250 g/mol. The van der Waals surface area contributed by atoms with Crippen LogP contribution in [0.15, 0.2) is 17.5 Å². The second kappa shape index (κ2) is 5.91. The molecule has 2 atom stereocenters. The van der Waals surface area contributed by atoms with Crippen LogP contribution in [0.5, 0.6) is 0 Å². The first kappa shape index (κ1) is 13.0. The number of thiophene rings is 1. The van der Waals surface area contributed by atoms with Crippen LogP contribution in [0.2, 0.25) is 0 Å². The van der Waals surface area contributed by atoms with Gasteiger partial charge in [0.15, 0.2) is 0 Å². The first-order chi connectivity index (χ1) is 8.22. The number of nitrogens with zero attached hydrogens (tertiary/aromatic N) is 1. The Hall–Kier alpha value is -0.480. The number of hydrogen-bond donors (Lipinski definition) is 0. The fourth-order valence-electron chi connectivity index (χ4n) is 2.40. The Bertz CT molecular complexity index is 364. The lowest BCUT2D eigenvalue weighted by molar-refractivity contribution is 0.0740. The summed E-state index contributed by atoms with van der Waals surface area (Å²) in [5.74, 6) is 1.37. The Kier molecular flexibility index (Phi) is 4.51. The monoisotopic (exact) mass is 269 g/mol. The molecule has 1 aliphatic carbocycles. The van der Waals surface area contributed by atoms with Crippen LogP contribution in [0.25, 0.3) is 0 Å². The highest BCUT2D eigenvalue weighted by Gasteiger charge is 2.30. The maximum atomic E-state index is 12.2. The standard InChI is InChI=1S/C13H19NOS2/c1-3-16-11-7-6-10(9-11)14(2)13(15)12-5-4-8-17-12/h4-5,8,10-11H,3,6-7,9H2,1-2H3/t10-,11-/m1/s1. The van der Waals surface area contributed by atoms with Crippen molar-refractivity contribution in [1.82, 2.24) is 4.90 Å². The summed E-state index contributed by atoms with van der Waals surface area (Å²) in [5, 5.41) is 2.72. The number of thioether (sulfide) groups is 1. The highest BCUT2D eigenvalue weighted by Crippen LogP contribution is 2.32. The maximum Gasteiger partial charge on any atom is 0.263 e. The summed E-state index contributed by atoms with van der Waals surface area (Å²) in [5.41, 5.74) is 0. The van der Waals surface area contributed by atoms with Crippen LogP contribution in [0, 0.1) is 0 Å². The van der Waals surface area contributed by atoms with Crippen molar-refractivity contribution in [1.29, 1.82) is 0 Å². The van der Waals surface area contributed by atoms with E-state index in [1.807, 2.05) is 41.2 Å². The summed E-state index contributed by atoms with van der Waals surface area (Å²) in [7, 11) is 1.95. The van der Waals surface area contributed by atoms with E-state index >= 15 is 0 Å². The van der Waals surface area contributed by atoms with Gasteiger partial charge >= 0.3 is 0 Å². The number of rotatable bonds is 4. The summed E-state index contributed by atoms with van der Waals surface area (Å²) in [4.78, 5) is 15.0. The Morgan fingerprint density at radius 1 is 1.59 bits per heavy atom. The van der Waals surface area contributed by atoms with Gasteiger partial charge in [0.05, 0.1) is 4.88 Å². The highest BCUT2D eigenvalue weighted by molar-refractivity contribution is 7.99. The average Bonchev–Trinajstić information content (AvgIpc) is 2.98. The van der Waals surface area contributed by atoms with Crippen molar-refractivity contribution in [3.8, 4) is 0 Å². The first-order valence-electron chi connectivity index (χ1n) is 6.14. The highest BCUT2D eigenvalue weighted by atomic mass is 32.2. The topological polar surface area (TPSA) is 20.3 Å². The van der Waals surface area contributed by atoms with Crippen LogP contribution in [-0.4, -0.2) is 34.9 Å². The zero-order chi connectivity index (χ0) is 12.3. The first-order valence-corrected chi connectivity index (χ1v) is 8.07. The lowest BCUT2D eigenvalue weighted by Crippen LogP contribution is -2.35. The predicted octanol–water partition coefficient (Wildman–Crippen LogP) is 3.49.